The van der Waals surface area contributed by atoms with Crippen LogP contribution in [0.5, 0.6) is 0 Å². The summed E-state index contributed by atoms with van der Waals surface area (Å²) in [6, 6.07) is 5.16. The van der Waals surface area contributed by atoms with Crippen molar-refractivity contribution < 1.29 is 19.1 Å². The first-order valence-corrected chi connectivity index (χ1v) is 9.62. The number of hydrogen-bond donors (Lipinski definition) is 1. The van der Waals surface area contributed by atoms with Crippen LogP contribution < -0.4 is 5.32 Å². The van der Waals surface area contributed by atoms with Crippen LogP contribution in [0.3, 0.4) is 0 Å². The molecule has 0 saturated carbocycles. The second-order valence-corrected chi connectivity index (χ2v) is 8.07. The number of fused-ring (bicyclic) bond motifs is 7. The lowest BCUT2D eigenvalue weighted by molar-refractivity contribution is -0.146. The van der Waals surface area contributed by atoms with E-state index in [9.17, 15) is 14.4 Å². The van der Waals surface area contributed by atoms with E-state index < -0.39 is 17.4 Å². The van der Waals surface area contributed by atoms with Gasteiger partial charge in [0.25, 0.3) is 0 Å². The van der Waals surface area contributed by atoms with Gasteiger partial charge < -0.3 is 10.1 Å². The van der Waals surface area contributed by atoms with E-state index in [2.05, 4.69) is 10.2 Å². The van der Waals surface area contributed by atoms with Gasteiger partial charge in [0.2, 0.25) is 17.7 Å². The van der Waals surface area contributed by atoms with Crippen molar-refractivity contribution >= 4 is 35.0 Å². The molecule has 0 radical (unpaired) electrons. The number of ether oxygens (including phenoxy) is 1. The van der Waals surface area contributed by atoms with Crippen LogP contribution >= 0.6 is 11.6 Å². The molecule has 8 heteroatoms. The van der Waals surface area contributed by atoms with Crippen molar-refractivity contribution in [1.82, 2.24) is 9.80 Å². The van der Waals surface area contributed by atoms with Gasteiger partial charge in [0.1, 0.15) is 5.54 Å². The highest BCUT2D eigenvalue weighted by Crippen LogP contribution is 2.60. The molecule has 3 saturated heterocycles. The van der Waals surface area contributed by atoms with Crippen LogP contribution in [0.2, 0.25) is 5.02 Å². The summed E-state index contributed by atoms with van der Waals surface area (Å²) in [7, 11) is 1.54. The van der Waals surface area contributed by atoms with Crippen molar-refractivity contribution in [3.8, 4) is 0 Å². The van der Waals surface area contributed by atoms with Gasteiger partial charge in [-0.3, -0.25) is 24.2 Å². The van der Waals surface area contributed by atoms with E-state index in [1.54, 1.807) is 18.2 Å². The summed E-state index contributed by atoms with van der Waals surface area (Å²) in [5.41, 5.74) is 0.237. The van der Waals surface area contributed by atoms with Gasteiger partial charge in [0.15, 0.2) is 0 Å². The lowest BCUT2D eigenvalue weighted by Crippen LogP contribution is -2.54. The number of anilines is 1. The number of nitrogens with zero attached hydrogens (tertiary/aromatic N) is 2. The maximum absolute atomic E-state index is 13.3. The molecule has 142 valence electrons. The van der Waals surface area contributed by atoms with E-state index in [4.69, 9.17) is 16.3 Å². The second kappa shape index (κ2) is 5.77. The first-order chi connectivity index (χ1) is 13.0. The lowest BCUT2D eigenvalue weighted by Gasteiger charge is -2.36. The summed E-state index contributed by atoms with van der Waals surface area (Å²) in [5, 5.41) is 3.44. The van der Waals surface area contributed by atoms with E-state index >= 15 is 0 Å². The number of likely N-dealkylation sites (tertiary alicyclic amines) is 1. The third-order valence-electron chi connectivity index (χ3n) is 6.56. The van der Waals surface area contributed by atoms with Crippen LogP contribution in [0.15, 0.2) is 18.2 Å². The highest BCUT2D eigenvalue weighted by Gasteiger charge is 2.74. The number of halogens is 1. The Morgan fingerprint density at radius 2 is 2.11 bits per heavy atom. The Balaban J connectivity index is 1.69. The van der Waals surface area contributed by atoms with Gasteiger partial charge in [-0.2, -0.15) is 0 Å². The third kappa shape index (κ3) is 1.97. The number of imide groups is 1. The molecule has 4 heterocycles. The van der Waals surface area contributed by atoms with E-state index in [-0.39, 0.29) is 36.9 Å². The number of hydrogen-bond acceptors (Lipinski definition) is 5. The lowest BCUT2D eigenvalue weighted by atomic mass is 9.75. The molecule has 4 aliphatic rings. The Hall–Kier alpha value is -1.96. The van der Waals surface area contributed by atoms with Gasteiger partial charge in [-0.25, -0.2) is 0 Å². The number of rotatable bonds is 3. The fourth-order valence-electron chi connectivity index (χ4n) is 5.64. The molecule has 0 unspecified atom stereocenters. The summed E-state index contributed by atoms with van der Waals surface area (Å²) in [6.07, 6.45) is 1.71. The first-order valence-electron chi connectivity index (χ1n) is 9.24. The van der Waals surface area contributed by atoms with Gasteiger partial charge in [-0.1, -0.05) is 11.6 Å². The van der Waals surface area contributed by atoms with Crippen molar-refractivity contribution in [2.75, 3.05) is 32.1 Å². The van der Waals surface area contributed by atoms with Gasteiger partial charge in [0.05, 0.1) is 25.0 Å². The molecule has 0 bridgehead atoms. The predicted octanol–water partition coefficient (Wildman–Crippen LogP) is 1.21. The average Bonchev–Trinajstić information content (AvgIpc) is 3.33. The van der Waals surface area contributed by atoms with Crippen molar-refractivity contribution in [3.63, 3.8) is 0 Å². The third-order valence-corrected chi connectivity index (χ3v) is 6.80. The molecule has 3 fully saturated rings. The van der Waals surface area contributed by atoms with Crippen LogP contribution in [-0.4, -0.2) is 60.4 Å². The molecule has 5 rings (SSSR count). The molecule has 1 aromatic rings. The molecule has 4 aliphatic heterocycles. The normalized spacial score (nSPS) is 34.4. The standard InChI is InChI=1S/C19H20ClN3O4/c1-27-8-7-22-16(24)14-13-3-2-6-23(13)19(15(14)17(22)25)11-9-10(20)4-5-12(11)21-18(19)26/h4-5,9,13-15H,2-3,6-8H2,1H3,(H,21,26)/t13-,14+,15+,19-/m0/s1. The van der Waals surface area contributed by atoms with Crippen LogP contribution in [0.25, 0.3) is 0 Å². The fourth-order valence-corrected chi connectivity index (χ4v) is 5.81. The summed E-state index contributed by atoms with van der Waals surface area (Å²) >= 11 is 6.24. The van der Waals surface area contributed by atoms with Gasteiger partial charge in [-0.05, 0) is 37.6 Å². The number of carbonyl (C=O) groups excluding carboxylic acids is 3. The summed E-state index contributed by atoms with van der Waals surface area (Å²) in [5.74, 6) is -1.90. The molecule has 3 amide bonds. The Kier molecular flexibility index (Phi) is 3.67. The minimum absolute atomic E-state index is 0.102. The molecular formula is C19H20ClN3O4. The average molecular weight is 390 g/mol. The quantitative estimate of drug-likeness (QED) is 0.786. The van der Waals surface area contributed by atoms with E-state index in [0.29, 0.717) is 22.8 Å². The maximum atomic E-state index is 13.3. The minimum atomic E-state index is -1.15. The largest absolute Gasteiger partial charge is 0.383 e. The fraction of sp³-hybridized carbons (Fsp3) is 0.526. The molecule has 7 nitrogen and oxygen atoms in total. The van der Waals surface area contributed by atoms with Gasteiger partial charge >= 0.3 is 0 Å². The smallest absolute Gasteiger partial charge is 0.250 e. The number of amides is 3. The summed E-state index contributed by atoms with van der Waals surface area (Å²) < 4.78 is 5.07. The highest BCUT2D eigenvalue weighted by atomic mass is 35.5. The van der Waals surface area contributed by atoms with Crippen LogP contribution in [0.4, 0.5) is 5.69 Å². The molecule has 1 aromatic carbocycles. The van der Waals surface area contributed by atoms with E-state index in [1.807, 2.05) is 0 Å². The predicted molar refractivity (Wildman–Crippen MR) is 97.1 cm³/mol. The Morgan fingerprint density at radius 3 is 2.89 bits per heavy atom. The topological polar surface area (TPSA) is 79.0 Å². The second-order valence-electron chi connectivity index (χ2n) is 7.64. The zero-order valence-electron chi connectivity index (χ0n) is 14.9. The zero-order valence-corrected chi connectivity index (χ0v) is 15.7. The van der Waals surface area contributed by atoms with Crippen LogP contribution in [0, 0.1) is 11.8 Å². The number of benzene rings is 1. The molecule has 0 aromatic heterocycles. The molecule has 0 aliphatic carbocycles. The summed E-state index contributed by atoms with van der Waals surface area (Å²) in [6.45, 7) is 1.19. The Morgan fingerprint density at radius 1 is 1.30 bits per heavy atom. The van der Waals surface area contributed by atoms with Crippen LogP contribution in [-0.2, 0) is 24.7 Å². The van der Waals surface area contributed by atoms with Crippen molar-refractivity contribution in [2.45, 2.75) is 24.4 Å². The SMILES string of the molecule is COCCN1C(=O)[C@@H]2[C@@H]3CCCN3[C@]3(C(=O)Nc4ccc(Cl)cc43)[C@H]2C1=O. The van der Waals surface area contributed by atoms with Crippen LogP contribution in [0.1, 0.15) is 18.4 Å². The minimum Gasteiger partial charge on any atom is -0.383 e. The van der Waals surface area contributed by atoms with Gasteiger partial charge in [-0.15, -0.1) is 0 Å². The number of methoxy groups -OCH3 is 1. The van der Waals surface area contributed by atoms with E-state index in [1.165, 1.54) is 12.0 Å². The van der Waals surface area contributed by atoms with Gasteiger partial charge in [0, 0.05) is 29.4 Å². The van der Waals surface area contributed by atoms with Crippen molar-refractivity contribution in [2.24, 2.45) is 11.8 Å². The molecular weight excluding hydrogens is 370 g/mol. The zero-order chi connectivity index (χ0) is 18.9. The monoisotopic (exact) mass is 389 g/mol. The Bertz CT molecular complexity index is 875. The number of carbonyl (C=O) groups is 3. The summed E-state index contributed by atoms with van der Waals surface area (Å²) in [4.78, 5) is 43.2. The molecule has 4 atom stereocenters. The first kappa shape index (κ1) is 17.2. The van der Waals surface area contributed by atoms with E-state index in [0.717, 1.165) is 12.8 Å². The highest BCUT2D eigenvalue weighted by molar-refractivity contribution is 6.31. The molecule has 1 N–H and O–H groups in total. The van der Waals surface area contributed by atoms with Crippen molar-refractivity contribution in [1.29, 1.82) is 0 Å². The Labute approximate surface area is 161 Å². The molecule has 27 heavy (non-hydrogen) atoms. The van der Waals surface area contributed by atoms with Crippen molar-refractivity contribution in [3.05, 3.63) is 28.8 Å². The maximum Gasteiger partial charge on any atom is 0.250 e. The number of nitrogens with one attached hydrogen (secondary N) is 1. The molecule has 1 spiro atoms.